The van der Waals surface area contributed by atoms with E-state index >= 15 is 0 Å². The van der Waals surface area contributed by atoms with Crippen LogP contribution in [-0.4, -0.2) is 22.7 Å². The summed E-state index contributed by atoms with van der Waals surface area (Å²) in [5.74, 6) is 1.49. The molecule has 0 aliphatic heterocycles. The Morgan fingerprint density at radius 1 is 1.38 bits per heavy atom. The largest absolute Gasteiger partial charge is 0.497 e. The van der Waals surface area contributed by atoms with Crippen LogP contribution in [0, 0.1) is 0 Å². The number of aliphatic hydroxyl groups is 1. The smallest absolute Gasteiger partial charge is 0.119 e. The molecule has 0 saturated carbocycles. The molecule has 0 spiro atoms. The van der Waals surface area contributed by atoms with E-state index < -0.39 is 6.10 Å². The molecule has 0 heterocycles. The van der Waals surface area contributed by atoms with E-state index in [4.69, 9.17) is 4.74 Å². The molecule has 0 bridgehead atoms. The highest BCUT2D eigenvalue weighted by Gasteiger charge is 2.15. The van der Waals surface area contributed by atoms with Gasteiger partial charge in [0.1, 0.15) is 5.75 Å². The van der Waals surface area contributed by atoms with Crippen molar-refractivity contribution in [2.24, 2.45) is 0 Å². The zero-order valence-corrected chi connectivity index (χ0v) is 11.2. The predicted octanol–water partition coefficient (Wildman–Crippen LogP) is 3.26. The molecule has 90 valence electrons. The normalized spacial score (nSPS) is 13.6. The van der Waals surface area contributed by atoms with E-state index in [1.807, 2.05) is 24.3 Å². The average molecular weight is 240 g/mol. The number of hydrogen-bond acceptors (Lipinski definition) is 3. The van der Waals surface area contributed by atoms with Crippen LogP contribution in [-0.2, 0) is 0 Å². The van der Waals surface area contributed by atoms with E-state index in [0.717, 1.165) is 11.3 Å². The van der Waals surface area contributed by atoms with E-state index in [9.17, 15) is 5.11 Å². The van der Waals surface area contributed by atoms with Gasteiger partial charge in [0.15, 0.2) is 0 Å². The second-order valence-electron chi connectivity index (χ2n) is 4.72. The Kier molecular flexibility index (Phi) is 4.69. The van der Waals surface area contributed by atoms with E-state index in [0.29, 0.717) is 5.75 Å². The van der Waals surface area contributed by atoms with Gasteiger partial charge in [-0.25, -0.2) is 0 Å². The maximum absolute atomic E-state index is 10.0. The third kappa shape index (κ3) is 4.45. The van der Waals surface area contributed by atoms with Crippen LogP contribution in [0.1, 0.15) is 32.4 Å². The third-order valence-corrected chi connectivity index (χ3v) is 3.50. The van der Waals surface area contributed by atoms with Gasteiger partial charge >= 0.3 is 0 Å². The SMILES string of the molecule is COc1cccc(C(O)CSC(C)(C)C)c1. The zero-order valence-electron chi connectivity index (χ0n) is 10.4. The highest BCUT2D eigenvalue weighted by molar-refractivity contribution is 8.00. The first-order valence-corrected chi connectivity index (χ1v) is 6.37. The van der Waals surface area contributed by atoms with Crippen molar-refractivity contribution >= 4 is 11.8 Å². The molecule has 1 aromatic carbocycles. The molecule has 1 rings (SSSR count). The minimum atomic E-state index is -0.431. The van der Waals surface area contributed by atoms with Crippen LogP contribution in [0.5, 0.6) is 5.75 Å². The van der Waals surface area contributed by atoms with Gasteiger partial charge in [0.2, 0.25) is 0 Å². The fourth-order valence-electron chi connectivity index (χ4n) is 1.27. The first-order chi connectivity index (χ1) is 7.42. The number of ether oxygens (including phenoxy) is 1. The Hall–Kier alpha value is -0.670. The number of aliphatic hydroxyl groups excluding tert-OH is 1. The molecule has 16 heavy (non-hydrogen) atoms. The van der Waals surface area contributed by atoms with Crippen molar-refractivity contribution in [2.45, 2.75) is 31.6 Å². The van der Waals surface area contributed by atoms with Crippen LogP contribution in [0.3, 0.4) is 0 Å². The lowest BCUT2D eigenvalue weighted by Gasteiger charge is -2.20. The molecule has 1 aromatic rings. The molecular weight excluding hydrogens is 220 g/mol. The molecule has 2 nitrogen and oxygen atoms in total. The lowest BCUT2D eigenvalue weighted by atomic mass is 10.1. The zero-order chi connectivity index (χ0) is 12.2. The fraction of sp³-hybridized carbons (Fsp3) is 0.538. The van der Waals surface area contributed by atoms with Gasteiger partial charge in [-0.05, 0) is 17.7 Å². The lowest BCUT2D eigenvalue weighted by Crippen LogP contribution is -2.12. The Morgan fingerprint density at radius 2 is 2.06 bits per heavy atom. The molecule has 1 N–H and O–H groups in total. The van der Waals surface area contributed by atoms with Crippen LogP contribution in [0.15, 0.2) is 24.3 Å². The van der Waals surface area contributed by atoms with Crippen LogP contribution in [0.2, 0.25) is 0 Å². The van der Waals surface area contributed by atoms with Gasteiger partial charge in [0.05, 0.1) is 13.2 Å². The molecule has 1 atom stereocenters. The van der Waals surface area contributed by atoms with Gasteiger partial charge in [0.25, 0.3) is 0 Å². The van der Waals surface area contributed by atoms with Crippen LogP contribution in [0.25, 0.3) is 0 Å². The van der Waals surface area contributed by atoms with Crippen molar-refractivity contribution in [3.8, 4) is 5.75 Å². The quantitative estimate of drug-likeness (QED) is 0.876. The summed E-state index contributed by atoms with van der Waals surface area (Å²) in [4.78, 5) is 0. The van der Waals surface area contributed by atoms with Crippen molar-refractivity contribution < 1.29 is 9.84 Å². The molecular formula is C13H20O2S. The van der Waals surface area contributed by atoms with Crippen molar-refractivity contribution in [2.75, 3.05) is 12.9 Å². The monoisotopic (exact) mass is 240 g/mol. The summed E-state index contributed by atoms with van der Waals surface area (Å²) < 4.78 is 5.31. The maximum atomic E-state index is 10.0. The first-order valence-electron chi connectivity index (χ1n) is 5.38. The van der Waals surface area contributed by atoms with Crippen LogP contribution < -0.4 is 4.74 Å². The fourth-order valence-corrected chi connectivity index (χ4v) is 2.12. The summed E-state index contributed by atoms with van der Waals surface area (Å²) in [5, 5.41) is 10.0. The van der Waals surface area contributed by atoms with Crippen molar-refractivity contribution in [3.63, 3.8) is 0 Å². The summed E-state index contributed by atoms with van der Waals surface area (Å²) in [6, 6.07) is 7.59. The maximum Gasteiger partial charge on any atom is 0.119 e. The van der Waals surface area contributed by atoms with Gasteiger partial charge in [0, 0.05) is 10.5 Å². The molecule has 0 fully saturated rings. The Labute approximate surface area is 102 Å². The number of benzene rings is 1. The predicted molar refractivity (Wildman–Crippen MR) is 70.2 cm³/mol. The van der Waals surface area contributed by atoms with E-state index in [-0.39, 0.29) is 4.75 Å². The summed E-state index contributed by atoms with van der Waals surface area (Å²) >= 11 is 1.76. The minimum Gasteiger partial charge on any atom is -0.497 e. The van der Waals surface area contributed by atoms with E-state index in [2.05, 4.69) is 20.8 Å². The van der Waals surface area contributed by atoms with Gasteiger partial charge in [-0.1, -0.05) is 32.9 Å². The molecule has 1 unspecified atom stereocenters. The van der Waals surface area contributed by atoms with Crippen LogP contribution >= 0.6 is 11.8 Å². The Morgan fingerprint density at radius 3 is 2.62 bits per heavy atom. The molecule has 0 aliphatic rings. The Balaban J connectivity index is 2.62. The third-order valence-electron chi connectivity index (χ3n) is 2.15. The van der Waals surface area contributed by atoms with Gasteiger partial charge in [-0.3, -0.25) is 0 Å². The molecule has 0 aromatic heterocycles. The highest BCUT2D eigenvalue weighted by Crippen LogP contribution is 2.29. The van der Waals surface area contributed by atoms with Gasteiger partial charge in [-0.15, -0.1) is 0 Å². The number of thioether (sulfide) groups is 1. The van der Waals surface area contributed by atoms with Crippen molar-refractivity contribution in [3.05, 3.63) is 29.8 Å². The second-order valence-corrected chi connectivity index (χ2v) is 6.56. The van der Waals surface area contributed by atoms with E-state index in [1.165, 1.54) is 0 Å². The average Bonchev–Trinajstić information content (AvgIpc) is 2.25. The van der Waals surface area contributed by atoms with Crippen molar-refractivity contribution in [1.82, 2.24) is 0 Å². The standard InChI is InChI=1S/C13H20O2S/c1-13(2,3)16-9-12(14)10-6-5-7-11(8-10)15-4/h5-8,12,14H,9H2,1-4H3. The van der Waals surface area contributed by atoms with Crippen molar-refractivity contribution in [1.29, 1.82) is 0 Å². The second kappa shape index (κ2) is 5.60. The number of methoxy groups -OCH3 is 1. The number of rotatable bonds is 4. The van der Waals surface area contributed by atoms with Gasteiger partial charge in [-0.2, -0.15) is 11.8 Å². The number of hydrogen-bond donors (Lipinski definition) is 1. The Bertz CT molecular complexity index is 331. The molecule has 0 amide bonds. The topological polar surface area (TPSA) is 29.5 Å². The molecule has 0 aliphatic carbocycles. The van der Waals surface area contributed by atoms with Crippen LogP contribution in [0.4, 0.5) is 0 Å². The summed E-state index contributed by atoms with van der Waals surface area (Å²) in [7, 11) is 1.63. The highest BCUT2D eigenvalue weighted by atomic mass is 32.2. The summed E-state index contributed by atoms with van der Waals surface area (Å²) in [6.45, 7) is 6.45. The summed E-state index contributed by atoms with van der Waals surface area (Å²) in [6.07, 6.45) is -0.431. The first kappa shape index (κ1) is 13.4. The molecule has 0 radical (unpaired) electrons. The molecule has 3 heteroatoms. The minimum absolute atomic E-state index is 0.180. The lowest BCUT2D eigenvalue weighted by molar-refractivity contribution is 0.203. The molecule has 0 saturated heterocycles. The summed E-state index contributed by atoms with van der Waals surface area (Å²) in [5.41, 5.74) is 0.913. The van der Waals surface area contributed by atoms with Gasteiger partial charge < -0.3 is 9.84 Å². The van der Waals surface area contributed by atoms with E-state index in [1.54, 1.807) is 18.9 Å².